The minimum atomic E-state index is -0.401. The molecule has 3 nitrogen and oxygen atoms in total. The molecule has 0 amide bonds. The van der Waals surface area contributed by atoms with Crippen molar-refractivity contribution in [2.75, 3.05) is 6.67 Å². The van der Waals surface area contributed by atoms with Gasteiger partial charge in [-0.25, -0.2) is 4.68 Å². The van der Waals surface area contributed by atoms with E-state index in [1.54, 1.807) is 6.20 Å². The molecule has 0 aliphatic rings. The fourth-order valence-corrected chi connectivity index (χ4v) is 3.53. The Kier molecular flexibility index (Phi) is 7.08. The third-order valence-corrected chi connectivity index (χ3v) is 5.36. The van der Waals surface area contributed by atoms with E-state index in [9.17, 15) is 9.18 Å². The molecule has 6 heteroatoms. The topological polar surface area (TPSA) is 34.9 Å². The van der Waals surface area contributed by atoms with Gasteiger partial charge in [-0.1, -0.05) is 35.9 Å². The summed E-state index contributed by atoms with van der Waals surface area (Å²) in [5.74, 6) is 0.713. The summed E-state index contributed by atoms with van der Waals surface area (Å²) in [5.41, 5.74) is 1.70. The van der Waals surface area contributed by atoms with Crippen LogP contribution >= 0.6 is 23.4 Å². The highest BCUT2D eigenvalue weighted by molar-refractivity contribution is 7.98. The van der Waals surface area contributed by atoms with Crippen LogP contribution in [0.5, 0.6) is 0 Å². The number of halogens is 2. The summed E-state index contributed by atoms with van der Waals surface area (Å²) in [7, 11) is 0. The van der Waals surface area contributed by atoms with Gasteiger partial charge in [0.25, 0.3) is 5.56 Å². The zero-order chi connectivity index (χ0) is 18.4. The summed E-state index contributed by atoms with van der Waals surface area (Å²) in [4.78, 5) is 13.0. The highest BCUT2D eigenvalue weighted by atomic mass is 35.5. The van der Waals surface area contributed by atoms with E-state index in [0.717, 1.165) is 18.4 Å². The van der Waals surface area contributed by atoms with Crippen molar-refractivity contribution in [3.8, 4) is 0 Å². The number of benzene rings is 1. The first kappa shape index (κ1) is 20.0. The van der Waals surface area contributed by atoms with Crippen molar-refractivity contribution in [3.05, 3.63) is 57.0 Å². The van der Waals surface area contributed by atoms with Crippen molar-refractivity contribution in [2.24, 2.45) is 0 Å². The summed E-state index contributed by atoms with van der Waals surface area (Å²) in [6.45, 7) is 5.50. The number of unbranched alkanes of at least 4 members (excludes halogenated alkanes) is 1. The number of aryl methyl sites for hydroxylation is 1. The SMILES string of the molecule is CC(C)(C)n1ncc(SCc2ccc(CCCC[18F])cc2)c(Cl)c1=O. The predicted molar refractivity (Wildman–Crippen MR) is 103 cm³/mol. The number of hydrogen-bond acceptors (Lipinski definition) is 3. The van der Waals surface area contributed by atoms with Gasteiger partial charge in [0.1, 0.15) is 5.02 Å². The predicted octanol–water partition coefficient (Wildman–Crippen LogP) is 5.24. The lowest BCUT2D eigenvalue weighted by Crippen LogP contribution is -2.36. The van der Waals surface area contributed by atoms with E-state index in [-0.39, 0.29) is 17.3 Å². The van der Waals surface area contributed by atoms with Gasteiger partial charge in [0, 0.05) is 5.75 Å². The van der Waals surface area contributed by atoms with E-state index in [0.29, 0.717) is 17.1 Å². The molecule has 1 heterocycles. The molecule has 0 bridgehead atoms. The highest BCUT2D eigenvalue weighted by Crippen LogP contribution is 2.27. The molecular formula is C19H24ClFN2OS. The normalized spacial score (nSPS) is 11.7. The molecule has 0 aliphatic carbocycles. The molecule has 0 aliphatic heterocycles. The lowest BCUT2D eigenvalue weighted by Gasteiger charge is -2.21. The van der Waals surface area contributed by atoms with Crippen LogP contribution in [0, 0.1) is 0 Å². The van der Waals surface area contributed by atoms with Crippen LogP contribution in [0.3, 0.4) is 0 Å². The highest BCUT2D eigenvalue weighted by Gasteiger charge is 2.19. The van der Waals surface area contributed by atoms with E-state index >= 15 is 0 Å². The molecule has 0 fully saturated rings. The molecule has 1 aromatic carbocycles. The van der Waals surface area contributed by atoms with Gasteiger partial charge >= 0.3 is 0 Å². The average molecular weight is 382 g/mol. The first-order chi connectivity index (χ1) is 11.8. The van der Waals surface area contributed by atoms with Crippen LogP contribution in [0.15, 0.2) is 40.2 Å². The van der Waals surface area contributed by atoms with Gasteiger partial charge in [-0.05, 0) is 51.2 Å². The smallest absolute Gasteiger partial charge is 0.266 e. The Morgan fingerprint density at radius 3 is 2.40 bits per heavy atom. The Morgan fingerprint density at radius 1 is 1.16 bits per heavy atom. The van der Waals surface area contributed by atoms with Crippen LogP contribution < -0.4 is 5.56 Å². The second-order valence-electron chi connectivity index (χ2n) is 6.96. The van der Waals surface area contributed by atoms with Gasteiger partial charge < -0.3 is 0 Å². The number of alkyl halides is 1. The largest absolute Gasteiger partial charge is 0.287 e. The third kappa shape index (κ3) is 5.58. The van der Waals surface area contributed by atoms with Crippen molar-refractivity contribution in [1.82, 2.24) is 9.78 Å². The van der Waals surface area contributed by atoms with Gasteiger partial charge in [-0.3, -0.25) is 9.18 Å². The van der Waals surface area contributed by atoms with E-state index < -0.39 is 5.54 Å². The van der Waals surface area contributed by atoms with Gasteiger partial charge in [-0.15, -0.1) is 11.8 Å². The lowest BCUT2D eigenvalue weighted by atomic mass is 10.1. The molecule has 1 aromatic heterocycles. The van der Waals surface area contributed by atoms with Crippen LogP contribution in [-0.4, -0.2) is 16.5 Å². The summed E-state index contributed by atoms with van der Waals surface area (Å²) in [5, 5.41) is 4.47. The van der Waals surface area contributed by atoms with Crippen LogP contribution in [-0.2, 0) is 17.7 Å². The van der Waals surface area contributed by atoms with Crippen molar-refractivity contribution in [2.45, 2.75) is 56.2 Å². The first-order valence-electron chi connectivity index (χ1n) is 8.38. The molecule has 136 valence electrons. The summed E-state index contributed by atoms with van der Waals surface area (Å²) >= 11 is 7.75. The van der Waals surface area contributed by atoms with Crippen LogP contribution in [0.1, 0.15) is 44.7 Å². The van der Waals surface area contributed by atoms with Crippen molar-refractivity contribution < 1.29 is 4.39 Å². The second kappa shape index (κ2) is 8.86. The number of thioether (sulfide) groups is 1. The fraction of sp³-hybridized carbons (Fsp3) is 0.474. The maximum atomic E-state index is 12.3. The van der Waals surface area contributed by atoms with E-state index in [2.05, 4.69) is 29.4 Å². The minimum Gasteiger partial charge on any atom is -0.266 e. The molecular weight excluding hydrogens is 358 g/mol. The fourth-order valence-electron chi connectivity index (χ4n) is 2.38. The maximum absolute atomic E-state index is 12.3. The molecule has 0 radical (unpaired) electrons. The second-order valence-corrected chi connectivity index (χ2v) is 8.36. The zero-order valence-electron chi connectivity index (χ0n) is 14.9. The standard InChI is InChI=1S/C19H24ClFN2OS/c1-19(2,3)23-18(24)17(20)16(12-22-23)25-13-15-9-7-14(8-10-15)6-4-5-11-21/h7-10,12H,4-6,11,13H2,1-3H3/i21-1. The van der Waals surface area contributed by atoms with E-state index in [4.69, 9.17) is 11.6 Å². The van der Waals surface area contributed by atoms with Crippen molar-refractivity contribution in [3.63, 3.8) is 0 Å². The van der Waals surface area contributed by atoms with Gasteiger partial charge in [0.05, 0.1) is 23.3 Å². The molecule has 0 spiro atoms. The van der Waals surface area contributed by atoms with E-state index in [1.165, 1.54) is 22.0 Å². The Bertz CT molecular complexity index is 753. The Labute approximate surface area is 157 Å². The monoisotopic (exact) mass is 381 g/mol. The first-order valence-corrected chi connectivity index (χ1v) is 9.74. The van der Waals surface area contributed by atoms with E-state index in [1.807, 2.05) is 20.8 Å². The molecule has 0 saturated carbocycles. The van der Waals surface area contributed by atoms with Crippen molar-refractivity contribution in [1.29, 1.82) is 0 Å². The number of hydrogen-bond donors (Lipinski definition) is 0. The number of aromatic nitrogens is 2. The zero-order valence-corrected chi connectivity index (χ0v) is 16.5. The molecule has 0 atom stereocenters. The van der Waals surface area contributed by atoms with Crippen LogP contribution in [0.4, 0.5) is 4.39 Å². The molecule has 25 heavy (non-hydrogen) atoms. The molecule has 2 aromatic rings. The Morgan fingerprint density at radius 2 is 1.80 bits per heavy atom. The maximum Gasteiger partial charge on any atom is 0.287 e. The average Bonchev–Trinajstić information content (AvgIpc) is 2.56. The summed E-state index contributed by atoms with van der Waals surface area (Å²) in [6.07, 6.45) is 4.04. The lowest BCUT2D eigenvalue weighted by molar-refractivity contribution is 0.336. The molecule has 2 rings (SSSR count). The molecule has 0 unspecified atom stereocenters. The van der Waals surface area contributed by atoms with Crippen molar-refractivity contribution >= 4 is 23.4 Å². The summed E-state index contributed by atoms with van der Waals surface area (Å²) in [6, 6.07) is 8.28. The van der Waals surface area contributed by atoms with Gasteiger partial charge in [-0.2, -0.15) is 5.10 Å². The Balaban J connectivity index is 2.02. The molecule has 0 saturated heterocycles. The summed E-state index contributed by atoms with van der Waals surface area (Å²) < 4.78 is 13.5. The van der Waals surface area contributed by atoms with Gasteiger partial charge in [0.2, 0.25) is 0 Å². The Hall–Kier alpha value is -1.33. The minimum absolute atomic E-state index is 0.220. The molecule has 0 N–H and O–H groups in total. The number of nitrogens with zero attached hydrogens (tertiary/aromatic N) is 2. The van der Waals surface area contributed by atoms with Gasteiger partial charge in [0.15, 0.2) is 0 Å². The quantitative estimate of drug-likeness (QED) is 0.486. The van der Waals surface area contributed by atoms with Crippen LogP contribution in [0.25, 0.3) is 0 Å². The van der Waals surface area contributed by atoms with Crippen LogP contribution in [0.2, 0.25) is 5.02 Å². The number of rotatable bonds is 7. The third-order valence-electron chi connectivity index (χ3n) is 3.79.